The lowest BCUT2D eigenvalue weighted by Gasteiger charge is -2.07. The molecule has 0 saturated heterocycles. The standard InChI is InChI=1S/C19H19NO3/c1-13-6-4-7-14(12-13)23-11-5-9-16-15-8-2-3-10-17(15)20-18(16)19(21)22/h2-4,6-8,10,12,20H,5,9,11H2,1H3,(H,21,22). The van der Waals surface area contributed by atoms with Crippen LogP contribution in [0.15, 0.2) is 48.5 Å². The van der Waals surface area contributed by atoms with Crippen LogP contribution in [0.25, 0.3) is 10.9 Å². The molecular formula is C19H19NO3. The Morgan fingerprint density at radius 2 is 2.00 bits per heavy atom. The van der Waals surface area contributed by atoms with Crippen molar-refractivity contribution in [1.82, 2.24) is 4.98 Å². The third-order valence-corrected chi connectivity index (χ3v) is 3.86. The minimum Gasteiger partial charge on any atom is -0.494 e. The van der Waals surface area contributed by atoms with Crippen LogP contribution in [0.3, 0.4) is 0 Å². The first-order valence-electron chi connectivity index (χ1n) is 7.67. The molecule has 0 aliphatic heterocycles. The second-order valence-electron chi connectivity index (χ2n) is 5.60. The fraction of sp³-hybridized carbons (Fsp3) is 0.211. The molecule has 4 nitrogen and oxygen atoms in total. The molecule has 3 aromatic rings. The van der Waals surface area contributed by atoms with Gasteiger partial charge in [0, 0.05) is 10.9 Å². The smallest absolute Gasteiger partial charge is 0.352 e. The van der Waals surface area contributed by atoms with E-state index in [4.69, 9.17) is 4.74 Å². The highest BCUT2D eigenvalue weighted by atomic mass is 16.5. The highest BCUT2D eigenvalue weighted by Gasteiger charge is 2.16. The predicted molar refractivity (Wildman–Crippen MR) is 90.3 cm³/mol. The zero-order valence-electron chi connectivity index (χ0n) is 13.0. The van der Waals surface area contributed by atoms with Gasteiger partial charge in [-0.05, 0) is 49.1 Å². The monoisotopic (exact) mass is 309 g/mol. The van der Waals surface area contributed by atoms with Crippen LogP contribution in [0.5, 0.6) is 5.75 Å². The topological polar surface area (TPSA) is 62.3 Å². The van der Waals surface area contributed by atoms with E-state index in [-0.39, 0.29) is 5.69 Å². The van der Waals surface area contributed by atoms with Crippen molar-refractivity contribution in [3.8, 4) is 5.75 Å². The van der Waals surface area contributed by atoms with Gasteiger partial charge in [-0.15, -0.1) is 0 Å². The van der Waals surface area contributed by atoms with Crippen LogP contribution in [0, 0.1) is 6.92 Å². The maximum Gasteiger partial charge on any atom is 0.352 e. The number of aryl methyl sites for hydroxylation is 2. The van der Waals surface area contributed by atoms with Crippen molar-refractivity contribution in [3.63, 3.8) is 0 Å². The van der Waals surface area contributed by atoms with Crippen LogP contribution in [-0.4, -0.2) is 22.7 Å². The van der Waals surface area contributed by atoms with E-state index in [1.165, 1.54) is 0 Å². The Labute approximate surface area is 134 Å². The van der Waals surface area contributed by atoms with Crippen molar-refractivity contribution in [1.29, 1.82) is 0 Å². The number of carboxylic acid groups (broad SMARTS) is 1. The van der Waals surface area contributed by atoms with Crippen LogP contribution < -0.4 is 4.74 Å². The summed E-state index contributed by atoms with van der Waals surface area (Å²) in [5, 5.41) is 10.3. The van der Waals surface area contributed by atoms with Crippen LogP contribution in [0.1, 0.15) is 28.0 Å². The number of aromatic nitrogens is 1. The van der Waals surface area contributed by atoms with E-state index in [1.807, 2.05) is 55.5 Å². The van der Waals surface area contributed by atoms with E-state index in [9.17, 15) is 9.90 Å². The first kappa shape index (κ1) is 15.2. The lowest BCUT2D eigenvalue weighted by molar-refractivity contribution is 0.0690. The van der Waals surface area contributed by atoms with E-state index in [2.05, 4.69) is 4.98 Å². The Hall–Kier alpha value is -2.75. The minimum absolute atomic E-state index is 0.279. The van der Waals surface area contributed by atoms with E-state index in [0.717, 1.165) is 34.2 Å². The molecule has 0 spiro atoms. The van der Waals surface area contributed by atoms with Gasteiger partial charge in [0.15, 0.2) is 0 Å². The highest BCUT2D eigenvalue weighted by molar-refractivity contribution is 5.97. The van der Waals surface area contributed by atoms with Gasteiger partial charge in [0.1, 0.15) is 11.4 Å². The molecule has 0 saturated carbocycles. The van der Waals surface area contributed by atoms with E-state index < -0.39 is 5.97 Å². The molecular weight excluding hydrogens is 290 g/mol. The number of aromatic carboxylic acids is 1. The lowest BCUT2D eigenvalue weighted by Crippen LogP contribution is -2.04. The minimum atomic E-state index is -0.921. The van der Waals surface area contributed by atoms with Gasteiger partial charge in [-0.25, -0.2) is 4.79 Å². The zero-order chi connectivity index (χ0) is 16.2. The third-order valence-electron chi connectivity index (χ3n) is 3.86. The summed E-state index contributed by atoms with van der Waals surface area (Å²) < 4.78 is 5.74. The molecule has 0 amide bonds. The fourth-order valence-corrected chi connectivity index (χ4v) is 2.79. The molecule has 0 radical (unpaired) electrons. The SMILES string of the molecule is Cc1cccc(OCCCc2c(C(=O)O)[nH]c3ccccc23)c1. The number of para-hydroxylation sites is 1. The maximum absolute atomic E-state index is 11.4. The van der Waals surface area contributed by atoms with Gasteiger partial charge in [-0.2, -0.15) is 0 Å². The Bertz CT molecular complexity index is 836. The normalized spacial score (nSPS) is 10.8. The maximum atomic E-state index is 11.4. The number of rotatable bonds is 6. The van der Waals surface area contributed by atoms with Gasteiger partial charge in [-0.1, -0.05) is 30.3 Å². The predicted octanol–water partition coefficient (Wildman–Crippen LogP) is 4.19. The molecule has 3 rings (SSSR count). The Balaban J connectivity index is 1.69. The average molecular weight is 309 g/mol. The number of carboxylic acids is 1. The van der Waals surface area contributed by atoms with Crippen LogP contribution >= 0.6 is 0 Å². The number of aromatic amines is 1. The number of hydrogen-bond donors (Lipinski definition) is 2. The van der Waals surface area contributed by atoms with Gasteiger partial charge in [0.2, 0.25) is 0 Å². The van der Waals surface area contributed by atoms with Gasteiger partial charge in [-0.3, -0.25) is 0 Å². The molecule has 118 valence electrons. The summed E-state index contributed by atoms with van der Waals surface area (Å²) >= 11 is 0. The number of benzene rings is 2. The van der Waals surface area contributed by atoms with Gasteiger partial charge < -0.3 is 14.8 Å². The largest absolute Gasteiger partial charge is 0.494 e. The van der Waals surface area contributed by atoms with Crippen LogP contribution in [0.4, 0.5) is 0 Å². The molecule has 0 unspecified atom stereocenters. The molecule has 0 fully saturated rings. The number of ether oxygens (including phenoxy) is 1. The molecule has 0 atom stereocenters. The average Bonchev–Trinajstić information content (AvgIpc) is 2.91. The molecule has 1 heterocycles. The van der Waals surface area contributed by atoms with Crippen molar-refractivity contribution in [2.75, 3.05) is 6.61 Å². The molecule has 2 N–H and O–H groups in total. The fourth-order valence-electron chi connectivity index (χ4n) is 2.79. The van der Waals surface area contributed by atoms with E-state index >= 15 is 0 Å². The molecule has 23 heavy (non-hydrogen) atoms. The quantitative estimate of drug-likeness (QED) is 0.671. The summed E-state index contributed by atoms with van der Waals surface area (Å²) in [7, 11) is 0. The first-order chi connectivity index (χ1) is 11.1. The first-order valence-corrected chi connectivity index (χ1v) is 7.67. The molecule has 1 aromatic heterocycles. The third kappa shape index (κ3) is 3.37. The van der Waals surface area contributed by atoms with Gasteiger partial charge >= 0.3 is 5.97 Å². The second kappa shape index (κ2) is 6.57. The van der Waals surface area contributed by atoms with Crippen LogP contribution in [0.2, 0.25) is 0 Å². The van der Waals surface area contributed by atoms with Crippen molar-refractivity contribution in [2.45, 2.75) is 19.8 Å². The summed E-state index contributed by atoms with van der Waals surface area (Å²) in [5.41, 5.74) is 3.15. The Kier molecular flexibility index (Phi) is 4.33. The summed E-state index contributed by atoms with van der Waals surface area (Å²) in [6.45, 7) is 2.58. The molecule has 0 aliphatic rings. The van der Waals surface area contributed by atoms with Gasteiger partial charge in [0.25, 0.3) is 0 Å². The van der Waals surface area contributed by atoms with Crippen molar-refractivity contribution < 1.29 is 14.6 Å². The van der Waals surface area contributed by atoms with E-state index in [1.54, 1.807) is 0 Å². The number of fused-ring (bicyclic) bond motifs is 1. The number of hydrogen-bond acceptors (Lipinski definition) is 2. The molecule has 2 aromatic carbocycles. The van der Waals surface area contributed by atoms with Gasteiger partial charge in [0.05, 0.1) is 6.61 Å². The second-order valence-corrected chi connectivity index (χ2v) is 5.60. The molecule has 0 bridgehead atoms. The summed E-state index contributed by atoms with van der Waals surface area (Å²) in [5.74, 6) is -0.0711. The van der Waals surface area contributed by atoms with Crippen molar-refractivity contribution in [3.05, 3.63) is 65.4 Å². The Morgan fingerprint density at radius 3 is 2.78 bits per heavy atom. The Morgan fingerprint density at radius 1 is 1.17 bits per heavy atom. The zero-order valence-corrected chi connectivity index (χ0v) is 13.0. The number of carbonyl (C=O) groups is 1. The van der Waals surface area contributed by atoms with Crippen molar-refractivity contribution in [2.24, 2.45) is 0 Å². The highest BCUT2D eigenvalue weighted by Crippen LogP contribution is 2.24. The molecule has 4 heteroatoms. The van der Waals surface area contributed by atoms with Crippen LogP contribution in [-0.2, 0) is 6.42 Å². The molecule has 0 aliphatic carbocycles. The van der Waals surface area contributed by atoms with E-state index in [0.29, 0.717) is 13.0 Å². The lowest BCUT2D eigenvalue weighted by atomic mass is 10.1. The summed E-state index contributed by atoms with van der Waals surface area (Å²) in [4.78, 5) is 14.4. The summed E-state index contributed by atoms with van der Waals surface area (Å²) in [6.07, 6.45) is 1.42. The van der Waals surface area contributed by atoms with Crippen molar-refractivity contribution >= 4 is 16.9 Å². The number of nitrogens with one attached hydrogen (secondary N) is 1. The number of H-pyrrole nitrogens is 1. The summed E-state index contributed by atoms with van der Waals surface area (Å²) in [6, 6.07) is 15.6.